The Labute approximate surface area is 164 Å². The van der Waals surface area contributed by atoms with Crippen LogP contribution in [0.4, 0.5) is 18.9 Å². The van der Waals surface area contributed by atoms with Crippen LogP contribution in [-0.4, -0.2) is 59.1 Å². The lowest BCUT2D eigenvalue weighted by Gasteiger charge is -2.40. The number of sulfonamides is 1. The Morgan fingerprint density at radius 3 is 2.86 bits per heavy atom. The summed E-state index contributed by atoms with van der Waals surface area (Å²) in [7, 11) is -4.47. The predicted octanol–water partition coefficient (Wildman–Crippen LogP) is 2.35. The largest absolute Gasteiger partial charge is 0.404 e. The molecule has 4 rings (SSSR count). The van der Waals surface area contributed by atoms with Crippen molar-refractivity contribution in [2.45, 2.75) is 38.0 Å². The molecule has 0 aromatic carbocycles. The number of anilines is 1. The molecule has 0 saturated carbocycles. The van der Waals surface area contributed by atoms with Crippen molar-refractivity contribution in [2.75, 3.05) is 17.2 Å². The third kappa shape index (κ3) is 4.13. The zero-order valence-electron chi connectivity index (χ0n) is 15.4. The van der Waals surface area contributed by atoms with Crippen LogP contribution in [0.2, 0.25) is 0 Å². The molecule has 2 unspecified atom stereocenters. The highest BCUT2D eigenvalue weighted by Crippen LogP contribution is 2.34. The van der Waals surface area contributed by atoms with Crippen LogP contribution in [0.5, 0.6) is 0 Å². The average Bonchev–Trinajstić information content (AvgIpc) is 3.09. The zero-order chi connectivity index (χ0) is 20.8. The van der Waals surface area contributed by atoms with Crippen molar-refractivity contribution in [1.82, 2.24) is 24.9 Å². The number of nitrogens with zero attached hydrogens (tertiary/aromatic N) is 4. The number of hydrogen-bond acceptors (Lipinski definition) is 6. The van der Waals surface area contributed by atoms with Crippen molar-refractivity contribution in [3.63, 3.8) is 0 Å². The average molecular weight is 428 g/mol. The molecule has 1 saturated heterocycles. The van der Waals surface area contributed by atoms with Gasteiger partial charge in [0.25, 0.3) is 0 Å². The Balaban J connectivity index is 1.67. The molecule has 0 spiro atoms. The first-order chi connectivity index (χ1) is 13.6. The summed E-state index contributed by atoms with van der Waals surface area (Å²) in [6.45, 7) is 2.22. The Bertz CT molecular complexity index is 1150. The van der Waals surface area contributed by atoms with Crippen LogP contribution >= 0.6 is 0 Å². The fraction of sp³-hybridized carbons (Fsp3) is 0.471. The molecule has 12 heteroatoms. The fourth-order valence-electron chi connectivity index (χ4n) is 3.82. The lowest BCUT2D eigenvalue weighted by Crippen LogP contribution is -2.52. The molecule has 3 aromatic heterocycles. The topological polar surface area (TPSA) is 104 Å². The van der Waals surface area contributed by atoms with Gasteiger partial charge in [-0.05, 0) is 25.8 Å². The molecular formula is C17H19F3N6O2S. The summed E-state index contributed by atoms with van der Waals surface area (Å²) in [5.41, 5.74) is 2.01. The van der Waals surface area contributed by atoms with E-state index in [1.165, 1.54) is 0 Å². The molecule has 156 valence electrons. The summed E-state index contributed by atoms with van der Waals surface area (Å²) in [4.78, 5) is 9.30. The van der Waals surface area contributed by atoms with Crippen LogP contribution in [0.3, 0.4) is 0 Å². The maximum atomic E-state index is 12.5. The first-order valence-corrected chi connectivity index (χ1v) is 10.7. The molecule has 0 radical (unpaired) electrons. The highest BCUT2D eigenvalue weighted by molar-refractivity contribution is 7.89. The van der Waals surface area contributed by atoms with E-state index in [4.69, 9.17) is 0 Å². The molecule has 0 bridgehead atoms. The molecule has 29 heavy (non-hydrogen) atoms. The quantitative estimate of drug-likeness (QED) is 0.661. The number of fused-ring (bicyclic) bond motifs is 3. The van der Waals surface area contributed by atoms with E-state index in [9.17, 15) is 21.6 Å². The van der Waals surface area contributed by atoms with Crippen LogP contribution in [0.1, 0.15) is 19.8 Å². The van der Waals surface area contributed by atoms with E-state index in [-0.39, 0.29) is 12.6 Å². The van der Waals surface area contributed by atoms with Crippen molar-refractivity contribution in [1.29, 1.82) is 0 Å². The molecule has 3 aromatic rings. The van der Waals surface area contributed by atoms with Gasteiger partial charge in [0.05, 0.1) is 18.1 Å². The van der Waals surface area contributed by atoms with Gasteiger partial charge in [0.1, 0.15) is 11.2 Å². The number of aromatic nitrogens is 4. The summed E-state index contributed by atoms with van der Waals surface area (Å²) in [5, 5.41) is 9.82. The Morgan fingerprint density at radius 2 is 2.10 bits per heavy atom. The Kier molecular flexibility index (Phi) is 4.85. The normalized spacial score (nSPS) is 21.2. The standard InChI is InChI=1S/C17H19F3N6O2S/c1-10-2-3-11(25-29(27,28)9-17(18,19)20)8-26(10)14-7-23-24-13-6-22-16-12(15(13)14)4-5-21-16/h4-7,10-11,25H,2-3,8-9H2,1H3,(H,21,22). The number of H-pyrrole nitrogens is 1. The number of piperidine rings is 1. The number of alkyl halides is 3. The summed E-state index contributed by atoms with van der Waals surface area (Å²) >= 11 is 0. The lowest BCUT2D eigenvalue weighted by atomic mass is 9.98. The molecule has 1 fully saturated rings. The molecule has 2 N–H and O–H groups in total. The molecule has 1 aliphatic heterocycles. The monoisotopic (exact) mass is 428 g/mol. The maximum absolute atomic E-state index is 12.5. The van der Waals surface area contributed by atoms with Crippen molar-refractivity contribution in [2.24, 2.45) is 0 Å². The van der Waals surface area contributed by atoms with E-state index in [0.29, 0.717) is 24.0 Å². The van der Waals surface area contributed by atoms with Gasteiger partial charge in [-0.25, -0.2) is 18.1 Å². The van der Waals surface area contributed by atoms with Gasteiger partial charge in [0, 0.05) is 35.6 Å². The van der Waals surface area contributed by atoms with E-state index >= 15 is 0 Å². The van der Waals surface area contributed by atoms with E-state index in [1.54, 1.807) is 18.6 Å². The van der Waals surface area contributed by atoms with Gasteiger partial charge < -0.3 is 9.88 Å². The minimum Gasteiger partial charge on any atom is -0.365 e. The highest BCUT2D eigenvalue weighted by atomic mass is 32.2. The highest BCUT2D eigenvalue weighted by Gasteiger charge is 2.37. The second-order valence-electron chi connectivity index (χ2n) is 7.26. The van der Waals surface area contributed by atoms with Gasteiger partial charge in [-0.2, -0.15) is 18.3 Å². The summed E-state index contributed by atoms with van der Waals surface area (Å²) in [6, 6.07) is 1.28. The van der Waals surface area contributed by atoms with E-state index < -0.39 is 28.0 Å². The molecular weight excluding hydrogens is 409 g/mol. The van der Waals surface area contributed by atoms with Gasteiger partial charge in [-0.15, -0.1) is 5.10 Å². The van der Waals surface area contributed by atoms with Gasteiger partial charge >= 0.3 is 6.18 Å². The number of aromatic amines is 1. The van der Waals surface area contributed by atoms with Crippen LogP contribution in [0.15, 0.2) is 24.7 Å². The number of pyridine rings is 1. The van der Waals surface area contributed by atoms with Crippen molar-refractivity contribution >= 4 is 37.6 Å². The van der Waals surface area contributed by atoms with E-state index in [2.05, 4.69) is 24.9 Å². The van der Waals surface area contributed by atoms with Gasteiger partial charge in [0.15, 0.2) is 5.75 Å². The molecule has 0 amide bonds. The minimum atomic E-state index is -4.79. The van der Waals surface area contributed by atoms with Gasteiger partial charge in [0.2, 0.25) is 10.0 Å². The fourth-order valence-corrected chi connectivity index (χ4v) is 5.03. The number of hydrogen-bond donors (Lipinski definition) is 2. The molecule has 1 aliphatic rings. The van der Waals surface area contributed by atoms with E-state index in [0.717, 1.165) is 16.5 Å². The summed E-state index contributed by atoms with van der Waals surface area (Å²) < 4.78 is 63.7. The maximum Gasteiger partial charge on any atom is 0.404 e. The first-order valence-electron chi connectivity index (χ1n) is 9.04. The second kappa shape index (κ2) is 7.10. The van der Waals surface area contributed by atoms with Crippen molar-refractivity contribution in [3.05, 3.63) is 24.7 Å². The molecule has 0 aliphatic carbocycles. The number of rotatable bonds is 4. The Morgan fingerprint density at radius 1 is 1.31 bits per heavy atom. The lowest BCUT2D eigenvalue weighted by molar-refractivity contribution is -0.106. The van der Waals surface area contributed by atoms with Crippen LogP contribution in [0, 0.1) is 0 Å². The number of halogens is 3. The van der Waals surface area contributed by atoms with E-state index in [1.807, 2.05) is 17.9 Å². The second-order valence-corrected chi connectivity index (χ2v) is 9.01. The third-order valence-electron chi connectivity index (χ3n) is 5.06. The SMILES string of the molecule is CC1CCC(NS(=O)(=O)CC(F)(F)F)CN1c1cnnc2cnc3[nH]ccc3c12. The number of nitrogens with one attached hydrogen (secondary N) is 2. The molecule has 4 heterocycles. The van der Waals surface area contributed by atoms with Crippen molar-refractivity contribution < 1.29 is 21.6 Å². The summed E-state index contributed by atoms with van der Waals surface area (Å²) in [6.07, 6.45) is 1.23. The van der Waals surface area contributed by atoms with Gasteiger partial charge in [-0.1, -0.05) is 0 Å². The Hall–Kier alpha value is -2.47. The summed E-state index contributed by atoms with van der Waals surface area (Å²) in [5.74, 6) is -1.89. The predicted molar refractivity (Wildman–Crippen MR) is 102 cm³/mol. The molecule has 8 nitrogen and oxygen atoms in total. The first kappa shape index (κ1) is 19.8. The van der Waals surface area contributed by atoms with Crippen LogP contribution in [0.25, 0.3) is 21.9 Å². The molecule has 2 atom stereocenters. The van der Waals surface area contributed by atoms with Gasteiger partial charge in [-0.3, -0.25) is 0 Å². The van der Waals surface area contributed by atoms with Crippen molar-refractivity contribution in [3.8, 4) is 0 Å². The third-order valence-corrected chi connectivity index (χ3v) is 6.46. The van der Waals surface area contributed by atoms with Crippen LogP contribution < -0.4 is 9.62 Å². The minimum absolute atomic E-state index is 0.0490. The van der Waals surface area contributed by atoms with Crippen LogP contribution in [-0.2, 0) is 10.0 Å². The zero-order valence-corrected chi connectivity index (χ0v) is 16.3. The smallest absolute Gasteiger partial charge is 0.365 e.